The second-order valence-electron chi connectivity index (χ2n) is 6.11. The molecule has 1 fully saturated rings. The lowest BCUT2D eigenvalue weighted by Crippen LogP contribution is -2.46. The monoisotopic (exact) mass is 290 g/mol. The second kappa shape index (κ2) is 7.57. The summed E-state index contributed by atoms with van der Waals surface area (Å²) in [5, 5.41) is 9.53. The minimum atomic E-state index is -0.193. The standard InChI is InChI=1S/C17H26N2O2/c1-14(2)19(12-15-6-4-3-5-7-15)17(21)13-18-10-8-16(20)9-11-18/h3-7,14,16,20H,8-13H2,1-2H3. The SMILES string of the molecule is CC(C)N(Cc1ccccc1)C(=O)CN1CCC(O)CC1. The van der Waals surface area contributed by atoms with Crippen LogP contribution in [0.15, 0.2) is 30.3 Å². The molecule has 2 rings (SSSR count). The molecule has 1 aliphatic heterocycles. The van der Waals surface area contributed by atoms with Gasteiger partial charge in [-0.3, -0.25) is 9.69 Å². The van der Waals surface area contributed by atoms with Gasteiger partial charge >= 0.3 is 0 Å². The van der Waals surface area contributed by atoms with Crippen molar-refractivity contribution in [1.82, 2.24) is 9.80 Å². The number of hydrogen-bond acceptors (Lipinski definition) is 3. The van der Waals surface area contributed by atoms with Gasteiger partial charge in [-0.2, -0.15) is 0 Å². The largest absolute Gasteiger partial charge is 0.393 e. The van der Waals surface area contributed by atoms with Crippen molar-refractivity contribution in [2.24, 2.45) is 0 Å². The molecular formula is C17H26N2O2. The Morgan fingerprint density at radius 2 is 1.90 bits per heavy atom. The van der Waals surface area contributed by atoms with Crippen LogP contribution in [0.2, 0.25) is 0 Å². The third-order valence-electron chi connectivity index (χ3n) is 4.06. The van der Waals surface area contributed by atoms with Crippen LogP contribution in [-0.4, -0.2) is 52.6 Å². The number of carbonyl (C=O) groups is 1. The quantitative estimate of drug-likeness (QED) is 0.900. The predicted molar refractivity (Wildman–Crippen MR) is 83.8 cm³/mol. The number of carbonyl (C=O) groups excluding carboxylic acids is 1. The molecule has 1 amide bonds. The molecule has 1 saturated heterocycles. The highest BCUT2D eigenvalue weighted by Gasteiger charge is 2.23. The van der Waals surface area contributed by atoms with E-state index < -0.39 is 0 Å². The van der Waals surface area contributed by atoms with Crippen molar-refractivity contribution in [2.45, 2.75) is 45.4 Å². The van der Waals surface area contributed by atoms with Gasteiger partial charge in [0.15, 0.2) is 0 Å². The van der Waals surface area contributed by atoms with Crippen molar-refractivity contribution in [1.29, 1.82) is 0 Å². The number of aliphatic hydroxyl groups excluding tert-OH is 1. The van der Waals surface area contributed by atoms with Gasteiger partial charge in [-0.15, -0.1) is 0 Å². The highest BCUT2D eigenvalue weighted by Crippen LogP contribution is 2.13. The van der Waals surface area contributed by atoms with Crippen LogP contribution in [0.1, 0.15) is 32.3 Å². The van der Waals surface area contributed by atoms with Crippen LogP contribution in [0.3, 0.4) is 0 Å². The number of hydrogen-bond donors (Lipinski definition) is 1. The number of piperidine rings is 1. The van der Waals surface area contributed by atoms with Gasteiger partial charge in [-0.1, -0.05) is 30.3 Å². The Hall–Kier alpha value is -1.39. The van der Waals surface area contributed by atoms with E-state index in [1.54, 1.807) is 0 Å². The maximum atomic E-state index is 12.6. The summed E-state index contributed by atoms with van der Waals surface area (Å²) in [5.41, 5.74) is 1.16. The molecule has 1 heterocycles. The molecule has 1 aliphatic rings. The Balaban J connectivity index is 1.93. The number of rotatable bonds is 5. The zero-order valence-electron chi connectivity index (χ0n) is 13.0. The summed E-state index contributed by atoms with van der Waals surface area (Å²) >= 11 is 0. The van der Waals surface area contributed by atoms with Gasteiger partial charge in [0.2, 0.25) is 5.91 Å². The first kappa shape index (κ1) is 16.0. The van der Waals surface area contributed by atoms with Crippen LogP contribution >= 0.6 is 0 Å². The number of aliphatic hydroxyl groups is 1. The summed E-state index contributed by atoms with van der Waals surface area (Å²) in [6.07, 6.45) is 1.35. The van der Waals surface area contributed by atoms with E-state index in [1.807, 2.05) is 23.1 Å². The molecule has 0 bridgehead atoms. The van der Waals surface area contributed by atoms with Crippen LogP contribution in [0.25, 0.3) is 0 Å². The number of likely N-dealkylation sites (tertiary alicyclic amines) is 1. The molecule has 1 aromatic rings. The zero-order valence-corrected chi connectivity index (χ0v) is 13.0. The third-order valence-corrected chi connectivity index (χ3v) is 4.06. The Morgan fingerprint density at radius 1 is 1.29 bits per heavy atom. The van der Waals surface area contributed by atoms with E-state index in [1.165, 1.54) is 0 Å². The predicted octanol–water partition coefficient (Wildman–Crippen LogP) is 1.88. The molecule has 0 saturated carbocycles. The summed E-state index contributed by atoms with van der Waals surface area (Å²) in [6.45, 7) is 6.85. The molecule has 4 heteroatoms. The van der Waals surface area contributed by atoms with E-state index in [4.69, 9.17) is 0 Å². The maximum Gasteiger partial charge on any atom is 0.237 e. The van der Waals surface area contributed by atoms with E-state index in [-0.39, 0.29) is 18.1 Å². The van der Waals surface area contributed by atoms with Crippen LogP contribution < -0.4 is 0 Å². The molecule has 0 aromatic heterocycles. The molecule has 1 aromatic carbocycles. The third kappa shape index (κ3) is 4.83. The number of nitrogens with zero attached hydrogens (tertiary/aromatic N) is 2. The van der Waals surface area contributed by atoms with Crippen molar-refractivity contribution in [2.75, 3.05) is 19.6 Å². The van der Waals surface area contributed by atoms with Gasteiger partial charge in [0.1, 0.15) is 0 Å². The van der Waals surface area contributed by atoms with E-state index in [9.17, 15) is 9.90 Å². The fraction of sp³-hybridized carbons (Fsp3) is 0.588. The van der Waals surface area contributed by atoms with E-state index >= 15 is 0 Å². The molecule has 1 N–H and O–H groups in total. The highest BCUT2D eigenvalue weighted by atomic mass is 16.3. The topological polar surface area (TPSA) is 43.8 Å². The van der Waals surface area contributed by atoms with E-state index in [0.29, 0.717) is 13.1 Å². The van der Waals surface area contributed by atoms with Crippen LogP contribution in [0, 0.1) is 0 Å². The minimum Gasteiger partial charge on any atom is -0.393 e. The van der Waals surface area contributed by atoms with Crippen LogP contribution in [-0.2, 0) is 11.3 Å². The van der Waals surface area contributed by atoms with Gasteiger partial charge in [0, 0.05) is 25.7 Å². The molecule has 4 nitrogen and oxygen atoms in total. The summed E-state index contributed by atoms with van der Waals surface area (Å²) in [5.74, 6) is 0.172. The fourth-order valence-corrected chi connectivity index (χ4v) is 2.70. The average molecular weight is 290 g/mol. The summed E-state index contributed by atoms with van der Waals surface area (Å²) in [6, 6.07) is 10.3. The smallest absolute Gasteiger partial charge is 0.237 e. The Bertz CT molecular complexity index is 439. The van der Waals surface area contributed by atoms with Crippen molar-refractivity contribution in [3.8, 4) is 0 Å². The first-order valence-corrected chi connectivity index (χ1v) is 7.80. The minimum absolute atomic E-state index is 0.172. The van der Waals surface area contributed by atoms with Gasteiger partial charge in [-0.25, -0.2) is 0 Å². The van der Waals surface area contributed by atoms with Crippen molar-refractivity contribution >= 4 is 5.91 Å². The van der Waals surface area contributed by atoms with Crippen LogP contribution in [0.4, 0.5) is 0 Å². The number of amides is 1. The number of benzene rings is 1. The summed E-state index contributed by atoms with van der Waals surface area (Å²) in [4.78, 5) is 16.6. The lowest BCUT2D eigenvalue weighted by atomic mass is 10.1. The molecule has 116 valence electrons. The molecule has 0 spiro atoms. The second-order valence-corrected chi connectivity index (χ2v) is 6.11. The molecule has 0 atom stereocenters. The van der Waals surface area contributed by atoms with Gasteiger partial charge in [0.25, 0.3) is 0 Å². The van der Waals surface area contributed by atoms with E-state index in [0.717, 1.165) is 31.5 Å². The fourth-order valence-electron chi connectivity index (χ4n) is 2.70. The zero-order chi connectivity index (χ0) is 15.2. The first-order valence-electron chi connectivity index (χ1n) is 7.80. The van der Waals surface area contributed by atoms with Gasteiger partial charge in [0.05, 0.1) is 12.6 Å². The summed E-state index contributed by atoms with van der Waals surface area (Å²) in [7, 11) is 0. The van der Waals surface area contributed by atoms with Gasteiger partial charge in [-0.05, 0) is 32.3 Å². The van der Waals surface area contributed by atoms with Crippen molar-refractivity contribution in [3.05, 3.63) is 35.9 Å². The molecular weight excluding hydrogens is 264 g/mol. The molecule has 21 heavy (non-hydrogen) atoms. The normalized spacial score (nSPS) is 17.1. The van der Waals surface area contributed by atoms with Crippen molar-refractivity contribution < 1.29 is 9.90 Å². The molecule has 0 radical (unpaired) electrons. The lowest BCUT2D eigenvalue weighted by molar-refractivity contribution is -0.135. The Morgan fingerprint density at radius 3 is 2.48 bits per heavy atom. The Labute approximate surface area is 127 Å². The van der Waals surface area contributed by atoms with Crippen LogP contribution in [0.5, 0.6) is 0 Å². The summed E-state index contributed by atoms with van der Waals surface area (Å²) < 4.78 is 0. The van der Waals surface area contributed by atoms with Gasteiger partial charge < -0.3 is 10.0 Å². The molecule has 0 aliphatic carbocycles. The highest BCUT2D eigenvalue weighted by molar-refractivity contribution is 5.78. The first-order chi connectivity index (χ1) is 10.1. The Kier molecular flexibility index (Phi) is 5.76. The van der Waals surface area contributed by atoms with E-state index in [2.05, 4.69) is 30.9 Å². The maximum absolute atomic E-state index is 12.6. The molecule has 0 unspecified atom stereocenters. The average Bonchev–Trinajstić information content (AvgIpc) is 2.48. The lowest BCUT2D eigenvalue weighted by Gasteiger charge is -2.33. The van der Waals surface area contributed by atoms with Crippen molar-refractivity contribution in [3.63, 3.8) is 0 Å².